The van der Waals surface area contributed by atoms with E-state index in [0.29, 0.717) is 29.3 Å². The van der Waals surface area contributed by atoms with E-state index in [-0.39, 0.29) is 12.0 Å². The first-order chi connectivity index (χ1) is 16.0. The maximum absolute atomic E-state index is 12.8. The van der Waals surface area contributed by atoms with E-state index < -0.39 is 0 Å². The summed E-state index contributed by atoms with van der Waals surface area (Å²) < 4.78 is 12.9. The molecule has 0 aliphatic heterocycles. The van der Waals surface area contributed by atoms with Crippen molar-refractivity contribution in [2.75, 3.05) is 11.1 Å². The fourth-order valence-corrected chi connectivity index (χ4v) is 3.21. The van der Waals surface area contributed by atoms with E-state index in [1.165, 1.54) is 12.7 Å². The standard InChI is InChI=1S/C25H25N5O3/c1-17(2)33-24-22(26)12-19(25(31)30-16-27-15-28-30)13-23(24)29-20-8-10-21(11-9-20)32-14-18-6-4-3-5-7-18/h3-13,15-17,29H,14,26H2,1-2H3. The van der Waals surface area contributed by atoms with Crippen LogP contribution in [0.3, 0.4) is 0 Å². The number of aromatic nitrogens is 3. The van der Waals surface area contributed by atoms with Crippen molar-refractivity contribution in [1.82, 2.24) is 14.8 Å². The predicted molar refractivity (Wildman–Crippen MR) is 127 cm³/mol. The summed E-state index contributed by atoms with van der Waals surface area (Å²) >= 11 is 0. The molecule has 4 aromatic rings. The molecule has 0 aliphatic rings. The molecule has 3 N–H and O–H groups in total. The Hall–Kier alpha value is -4.33. The third-order valence-electron chi connectivity index (χ3n) is 4.73. The zero-order chi connectivity index (χ0) is 23.2. The van der Waals surface area contributed by atoms with Crippen molar-refractivity contribution in [3.05, 3.63) is 90.5 Å². The summed E-state index contributed by atoms with van der Waals surface area (Å²) in [7, 11) is 0. The molecule has 0 fully saturated rings. The molecule has 8 heteroatoms. The predicted octanol–water partition coefficient (Wildman–Crippen LogP) is 4.66. The van der Waals surface area contributed by atoms with Gasteiger partial charge in [0.2, 0.25) is 0 Å². The van der Waals surface area contributed by atoms with Gasteiger partial charge in [0.15, 0.2) is 5.75 Å². The molecule has 1 heterocycles. The van der Waals surface area contributed by atoms with Gasteiger partial charge in [-0.1, -0.05) is 30.3 Å². The Morgan fingerprint density at radius 3 is 2.52 bits per heavy atom. The first kappa shape index (κ1) is 21.9. The summed E-state index contributed by atoms with van der Waals surface area (Å²) in [5, 5.41) is 7.21. The highest BCUT2D eigenvalue weighted by atomic mass is 16.5. The molecule has 0 unspecified atom stereocenters. The Bertz CT molecular complexity index is 1210. The Morgan fingerprint density at radius 1 is 1.09 bits per heavy atom. The van der Waals surface area contributed by atoms with E-state index in [0.717, 1.165) is 21.7 Å². The molecule has 0 bridgehead atoms. The van der Waals surface area contributed by atoms with Crippen molar-refractivity contribution >= 4 is 23.0 Å². The van der Waals surface area contributed by atoms with Crippen LogP contribution in [-0.4, -0.2) is 26.8 Å². The van der Waals surface area contributed by atoms with E-state index in [9.17, 15) is 4.79 Å². The Morgan fingerprint density at radius 2 is 1.85 bits per heavy atom. The van der Waals surface area contributed by atoms with Crippen molar-refractivity contribution in [3.63, 3.8) is 0 Å². The van der Waals surface area contributed by atoms with Crippen molar-refractivity contribution in [2.24, 2.45) is 0 Å². The Balaban J connectivity index is 1.55. The van der Waals surface area contributed by atoms with Crippen LogP contribution >= 0.6 is 0 Å². The van der Waals surface area contributed by atoms with Crippen LogP contribution in [0.2, 0.25) is 0 Å². The van der Waals surface area contributed by atoms with Crippen LogP contribution in [0.4, 0.5) is 17.1 Å². The zero-order valence-electron chi connectivity index (χ0n) is 18.4. The average Bonchev–Trinajstić information content (AvgIpc) is 3.36. The van der Waals surface area contributed by atoms with Crippen molar-refractivity contribution < 1.29 is 14.3 Å². The van der Waals surface area contributed by atoms with Crippen LogP contribution in [0.5, 0.6) is 11.5 Å². The third kappa shape index (κ3) is 5.48. The van der Waals surface area contributed by atoms with Gasteiger partial charge >= 0.3 is 0 Å². The topological polar surface area (TPSA) is 104 Å². The number of nitrogens with one attached hydrogen (secondary N) is 1. The fraction of sp³-hybridized carbons (Fsp3) is 0.160. The van der Waals surface area contributed by atoms with Crippen LogP contribution in [-0.2, 0) is 6.61 Å². The van der Waals surface area contributed by atoms with E-state index in [1.54, 1.807) is 12.1 Å². The molecule has 0 radical (unpaired) electrons. The molecule has 0 amide bonds. The first-order valence-electron chi connectivity index (χ1n) is 10.5. The molecule has 3 aromatic carbocycles. The number of carbonyl (C=O) groups is 1. The lowest BCUT2D eigenvalue weighted by molar-refractivity contribution is 0.0944. The van der Waals surface area contributed by atoms with Gasteiger partial charge in [-0.3, -0.25) is 4.79 Å². The van der Waals surface area contributed by atoms with Gasteiger partial charge in [0.05, 0.1) is 17.5 Å². The maximum Gasteiger partial charge on any atom is 0.279 e. The summed E-state index contributed by atoms with van der Waals surface area (Å²) in [6, 6.07) is 20.8. The third-order valence-corrected chi connectivity index (χ3v) is 4.73. The highest BCUT2D eigenvalue weighted by molar-refractivity contribution is 5.98. The van der Waals surface area contributed by atoms with Gasteiger partial charge in [0.25, 0.3) is 5.91 Å². The number of nitrogens with zero attached hydrogens (tertiary/aromatic N) is 3. The largest absolute Gasteiger partial charge is 0.489 e. The van der Waals surface area contributed by atoms with Gasteiger partial charge in [-0.15, -0.1) is 0 Å². The molecule has 0 saturated carbocycles. The second-order valence-electron chi connectivity index (χ2n) is 7.68. The van der Waals surface area contributed by atoms with Gasteiger partial charge < -0.3 is 20.5 Å². The van der Waals surface area contributed by atoms with Crippen LogP contribution in [0.25, 0.3) is 0 Å². The SMILES string of the molecule is CC(C)Oc1c(N)cc(C(=O)n2cncn2)cc1Nc1ccc(OCc2ccccc2)cc1. The molecule has 168 valence electrons. The quantitative estimate of drug-likeness (QED) is 0.382. The zero-order valence-corrected chi connectivity index (χ0v) is 18.4. The number of hydrogen-bond donors (Lipinski definition) is 2. The summed E-state index contributed by atoms with van der Waals surface area (Å²) in [6.07, 6.45) is 2.55. The van der Waals surface area contributed by atoms with E-state index in [2.05, 4.69) is 15.4 Å². The molecule has 33 heavy (non-hydrogen) atoms. The van der Waals surface area contributed by atoms with Crippen molar-refractivity contribution in [2.45, 2.75) is 26.6 Å². The van der Waals surface area contributed by atoms with Gasteiger partial charge in [0.1, 0.15) is 25.0 Å². The number of hydrogen-bond acceptors (Lipinski definition) is 7. The van der Waals surface area contributed by atoms with Crippen LogP contribution in [0, 0.1) is 0 Å². The second kappa shape index (κ2) is 9.86. The monoisotopic (exact) mass is 443 g/mol. The second-order valence-corrected chi connectivity index (χ2v) is 7.68. The number of anilines is 3. The van der Waals surface area contributed by atoms with Crippen molar-refractivity contribution in [3.8, 4) is 11.5 Å². The van der Waals surface area contributed by atoms with Crippen molar-refractivity contribution in [1.29, 1.82) is 0 Å². The molecule has 1 aromatic heterocycles. The molecular weight excluding hydrogens is 418 g/mol. The van der Waals surface area contributed by atoms with Crippen LogP contribution in [0.15, 0.2) is 79.4 Å². The number of rotatable bonds is 8. The molecule has 8 nitrogen and oxygen atoms in total. The minimum Gasteiger partial charge on any atom is -0.489 e. The van der Waals surface area contributed by atoms with Crippen LogP contribution < -0.4 is 20.5 Å². The minimum atomic E-state index is -0.344. The first-order valence-corrected chi connectivity index (χ1v) is 10.5. The lowest BCUT2D eigenvalue weighted by atomic mass is 10.1. The van der Waals surface area contributed by atoms with E-state index in [1.807, 2.05) is 68.4 Å². The number of nitrogens with two attached hydrogens (primary N) is 1. The summed E-state index contributed by atoms with van der Waals surface area (Å²) in [4.78, 5) is 16.6. The van der Waals surface area contributed by atoms with Gasteiger partial charge in [-0.05, 0) is 55.8 Å². The molecule has 4 rings (SSSR count). The van der Waals surface area contributed by atoms with Gasteiger partial charge in [-0.2, -0.15) is 9.78 Å². The molecule has 0 atom stereocenters. The van der Waals surface area contributed by atoms with Gasteiger partial charge in [-0.25, -0.2) is 4.98 Å². The molecular formula is C25H25N5O3. The Labute approximate surface area is 192 Å². The lowest BCUT2D eigenvalue weighted by Crippen LogP contribution is -2.15. The molecule has 0 aliphatic carbocycles. The number of ether oxygens (including phenoxy) is 2. The normalized spacial score (nSPS) is 10.8. The minimum absolute atomic E-state index is 0.0986. The number of nitrogen functional groups attached to an aromatic ring is 1. The van der Waals surface area contributed by atoms with Gasteiger partial charge in [0, 0.05) is 11.3 Å². The summed E-state index contributed by atoms with van der Waals surface area (Å²) in [5.41, 5.74) is 9.42. The number of benzene rings is 3. The molecule has 0 spiro atoms. The fourth-order valence-electron chi connectivity index (χ4n) is 3.21. The Kier molecular flexibility index (Phi) is 6.54. The van der Waals surface area contributed by atoms with E-state index in [4.69, 9.17) is 15.2 Å². The number of carbonyl (C=O) groups excluding carboxylic acids is 1. The lowest BCUT2D eigenvalue weighted by Gasteiger charge is -2.19. The highest BCUT2D eigenvalue weighted by Gasteiger charge is 2.17. The van der Waals surface area contributed by atoms with Crippen LogP contribution in [0.1, 0.15) is 29.8 Å². The van der Waals surface area contributed by atoms with E-state index >= 15 is 0 Å². The maximum atomic E-state index is 12.8. The smallest absolute Gasteiger partial charge is 0.279 e. The summed E-state index contributed by atoms with van der Waals surface area (Å²) in [6.45, 7) is 4.32. The average molecular weight is 444 g/mol. The highest BCUT2D eigenvalue weighted by Crippen LogP contribution is 2.36. The molecule has 0 saturated heterocycles. The summed E-state index contributed by atoms with van der Waals surface area (Å²) in [5.74, 6) is 0.880.